The largest absolute Gasteiger partial charge is 0.463 e. The monoisotopic (exact) mass is 276 g/mol. The molecule has 0 aromatic carbocycles. The van der Waals surface area contributed by atoms with Crippen LogP contribution in [0.3, 0.4) is 0 Å². The molecule has 0 amide bonds. The summed E-state index contributed by atoms with van der Waals surface area (Å²) >= 11 is 0. The Bertz CT molecular complexity index is 618. The molecule has 0 aliphatic heterocycles. The van der Waals surface area contributed by atoms with Gasteiger partial charge in [0.1, 0.15) is 18.1 Å². The van der Waals surface area contributed by atoms with Gasteiger partial charge in [-0.2, -0.15) is 5.10 Å². The Morgan fingerprint density at radius 3 is 2.80 bits per heavy atom. The summed E-state index contributed by atoms with van der Waals surface area (Å²) < 4.78 is 7.01. The van der Waals surface area contributed by atoms with E-state index in [1.807, 2.05) is 38.1 Å². The van der Waals surface area contributed by atoms with Crippen LogP contribution in [0.25, 0.3) is 0 Å². The molecule has 0 atom stereocenters. The van der Waals surface area contributed by atoms with E-state index in [0.717, 1.165) is 23.8 Å². The van der Waals surface area contributed by atoms with E-state index in [4.69, 9.17) is 4.42 Å². The molecule has 6 heteroatoms. The summed E-state index contributed by atoms with van der Waals surface area (Å²) in [4.78, 5) is 14.0. The first-order valence-corrected chi connectivity index (χ1v) is 6.64. The molecular weight excluding hydrogens is 256 g/mol. The highest BCUT2D eigenvalue weighted by molar-refractivity contribution is 5.41. The van der Waals surface area contributed by atoms with Gasteiger partial charge in [0.05, 0.1) is 18.4 Å². The van der Waals surface area contributed by atoms with Gasteiger partial charge in [-0.15, -0.1) is 0 Å². The number of nitrogens with one attached hydrogen (secondary N) is 1. The minimum absolute atomic E-state index is 0.130. The van der Waals surface area contributed by atoms with Crippen LogP contribution in [0.2, 0.25) is 0 Å². The highest BCUT2D eigenvalue weighted by Crippen LogP contribution is 2.09. The molecule has 0 bridgehead atoms. The third-order valence-electron chi connectivity index (χ3n) is 3.14. The Kier molecular flexibility index (Phi) is 4.57. The van der Waals surface area contributed by atoms with Gasteiger partial charge in [0.15, 0.2) is 0 Å². The van der Waals surface area contributed by atoms with Crippen molar-refractivity contribution in [3.05, 3.63) is 46.3 Å². The lowest BCUT2D eigenvalue weighted by atomic mass is 10.4. The third-order valence-corrected chi connectivity index (χ3v) is 3.14. The van der Waals surface area contributed by atoms with E-state index >= 15 is 0 Å². The van der Waals surface area contributed by atoms with Gasteiger partial charge < -0.3 is 14.6 Å². The Labute approximate surface area is 118 Å². The fourth-order valence-electron chi connectivity index (χ4n) is 1.86. The van der Waals surface area contributed by atoms with Gasteiger partial charge in [-0.3, -0.25) is 4.79 Å². The Hall–Kier alpha value is -2.08. The first-order valence-electron chi connectivity index (χ1n) is 6.64. The highest BCUT2D eigenvalue weighted by Gasteiger charge is 2.07. The number of nitrogens with zero attached hydrogens (tertiary/aromatic N) is 3. The van der Waals surface area contributed by atoms with Crippen LogP contribution >= 0.6 is 0 Å². The second kappa shape index (κ2) is 6.38. The lowest BCUT2D eigenvalue weighted by Gasteiger charge is -2.16. The molecule has 2 aromatic heterocycles. The zero-order valence-electron chi connectivity index (χ0n) is 12.1. The average Bonchev–Trinajstić information content (AvgIpc) is 2.88. The molecule has 0 spiro atoms. The van der Waals surface area contributed by atoms with Crippen molar-refractivity contribution in [3.8, 4) is 0 Å². The molecule has 0 aliphatic rings. The molecule has 0 saturated carbocycles. The summed E-state index contributed by atoms with van der Waals surface area (Å²) in [6, 6.07) is 5.36. The molecule has 0 radical (unpaired) electrons. The van der Waals surface area contributed by atoms with Gasteiger partial charge in [-0.25, -0.2) is 4.68 Å². The maximum atomic E-state index is 12.0. The van der Waals surface area contributed by atoms with E-state index in [2.05, 4.69) is 10.4 Å². The van der Waals surface area contributed by atoms with Crippen molar-refractivity contribution < 1.29 is 4.42 Å². The average molecular weight is 276 g/mol. The minimum atomic E-state index is -0.130. The fraction of sp³-hybridized carbons (Fsp3) is 0.429. The molecule has 0 fully saturated rings. The lowest BCUT2D eigenvalue weighted by Crippen LogP contribution is -2.25. The second-order valence-corrected chi connectivity index (χ2v) is 4.62. The van der Waals surface area contributed by atoms with E-state index in [-0.39, 0.29) is 5.56 Å². The number of hydrogen-bond acceptors (Lipinski definition) is 5. The highest BCUT2D eigenvalue weighted by atomic mass is 16.3. The van der Waals surface area contributed by atoms with Crippen LogP contribution in [0.15, 0.2) is 33.6 Å². The number of aromatic nitrogens is 2. The molecule has 2 rings (SSSR count). The van der Waals surface area contributed by atoms with E-state index < -0.39 is 0 Å². The topological polar surface area (TPSA) is 63.3 Å². The first-order chi connectivity index (χ1) is 9.63. The number of rotatable bonds is 6. The van der Waals surface area contributed by atoms with E-state index in [1.165, 1.54) is 4.68 Å². The number of anilines is 1. The van der Waals surface area contributed by atoms with Crippen LogP contribution in [0, 0.1) is 0 Å². The van der Waals surface area contributed by atoms with Crippen molar-refractivity contribution in [2.24, 2.45) is 0 Å². The quantitative estimate of drug-likeness (QED) is 0.854. The zero-order valence-corrected chi connectivity index (χ0v) is 12.1. The molecule has 0 saturated heterocycles. The van der Waals surface area contributed by atoms with Crippen molar-refractivity contribution in [3.63, 3.8) is 0 Å². The lowest BCUT2D eigenvalue weighted by molar-refractivity contribution is 0.431. The van der Waals surface area contributed by atoms with E-state index in [1.54, 1.807) is 12.3 Å². The third kappa shape index (κ3) is 3.27. The molecule has 2 heterocycles. The van der Waals surface area contributed by atoms with E-state index in [0.29, 0.717) is 13.1 Å². The van der Waals surface area contributed by atoms with E-state index in [9.17, 15) is 4.79 Å². The minimum Gasteiger partial charge on any atom is -0.463 e. The summed E-state index contributed by atoms with van der Waals surface area (Å²) in [5.74, 6) is 1.57. The fourth-order valence-corrected chi connectivity index (χ4v) is 1.86. The second-order valence-electron chi connectivity index (χ2n) is 4.62. The van der Waals surface area contributed by atoms with Crippen LogP contribution in [-0.2, 0) is 13.1 Å². The van der Waals surface area contributed by atoms with Crippen LogP contribution in [0.1, 0.15) is 18.4 Å². The van der Waals surface area contributed by atoms with Crippen LogP contribution in [0.5, 0.6) is 0 Å². The zero-order chi connectivity index (χ0) is 14.5. The molecule has 2 aromatic rings. The maximum absolute atomic E-state index is 12.0. The SMILES string of the molecule is CCN(C)c1cnn(Cc2ccc(CNC)o2)c(=O)c1. The smallest absolute Gasteiger partial charge is 0.269 e. The van der Waals surface area contributed by atoms with Crippen molar-refractivity contribution in [2.45, 2.75) is 20.0 Å². The summed E-state index contributed by atoms with van der Waals surface area (Å²) in [6.07, 6.45) is 1.70. The predicted octanol–water partition coefficient (Wildman–Crippen LogP) is 1.06. The maximum Gasteiger partial charge on any atom is 0.269 e. The standard InChI is InChI=1S/C14H20N4O2/c1-4-17(3)11-7-14(19)18(16-8-11)10-13-6-5-12(20-13)9-15-2/h5-8,15H,4,9-10H2,1-3H3. The molecule has 0 unspecified atom stereocenters. The summed E-state index contributed by atoms with van der Waals surface area (Å²) in [5, 5.41) is 7.20. The Balaban J connectivity index is 2.15. The van der Waals surface area contributed by atoms with Gasteiger partial charge >= 0.3 is 0 Å². The molecule has 20 heavy (non-hydrogen) atoms. The Morgan fingerprint density at radius 2 is 2.15 bits per heavy atom. The molecule has 6 nitrogen and oxygen atoms in total. The summed E-state index contributed by atoms with van der Waals surface area (Å²) in [7, 11) is 3.79. The number of hydrogen-bond donors (Lipinski definition) is 1. The molecule has 0 aliphatic carbocycles. The van der Waals surface area contributed by atoms with Crippen LogP contribution in [-0.4, -0.2) is 30.4 Å². The summed E-state index contributed by atoms with van der Waals surface area (Å²) in [5.41, 5.74) is 0.693. The van der Waals surface area contributed by atoms with Crippen LogP contribution < -0.4 is 15.8 Å². The van der Waals surface area contributed by atoms with Gasteiger partial charge in [0.2, 0.25) is 0 Å². The molecular formula is C14H20N4O2. The van der Waals surface area contributed by atoms with Crippen LogP contribution in [0.4, 0.5) is 5.69 Å². The predicted molar refractivity (Wildman–Crippen MR) is 78.0 cm³/mol. The molecule has 1 N–H and O–H groups in total. The van der Waals surface area contributed by atoms with Gasteiger partial charge in [-0.1, -0.05) is 0 Å². The van der Waals surface area contributed by atoms with Crippen molar-refractivity contribution in [1.29, 1.82) is 0 Å². The van der Waals surface area contributed by atoms with Crippen molar-refractivity contribution >= 4 is 5.69 Å². The normalized spacial score (nSPS) is 10.8. The summed E-state index contributed by atoms with van der Waals surface area (Å²) in [6.45, 7) is 3.87. The first kappa shape index (κ1) is 14.3. The van der Waals surface area contributed by atoms with Gasteiger partial charge in [0, 0.05) is 19.7 Å². The number of furan rings is 1. The van der Waals surface area contributed by atoms with Crippen molar-refractivity contribution in [1.82, 2.24) is 15.1 Å². The van der Waals surface area contributed by atoms with Gasteiger partial charge in [0.25, 0.3) is 5.56 Å². The van der Waals surface area contributed by atoms with Crippen molar-refractivity contribution in [2.75, 3.05) is 25.5 Å². The van der Waals surface area contributed by atoms with Gasteiger partial charge in [-0.05, 0) is 26.1 Å². The Morgan fingerprint density at radius 1 is 1.40 bits per heavy atom. The molecule has 108 valence electrons.